The maximum Gasteiger partial charge on any atom is 0.227 e. The molecule has 32 heavy (non-hydrogen) atoms. The standard InChI is InChI=1S/C23H22FN5OS2/c1-14-3-7-17(8-4-14)21-27-28-23(31)29(21)12-11-20(30)26-22-25-15(2)19(32-22)13-16-5-9-18(24)10-6-16/h3-10H,11-13H2,1-2H3,(H,28,31)(H,25,26,30). The molecule has 4 rings (SSSR count). The molecule has 2 aromatic carbocycles. The van der Waals surface area contributed by atoms with Gasteiger partial charge in [-0.05, 0) is 43.8 Å². The predicted octanol–water partition coefficient (Wildman–Crippen LogP) is 5.44. The number of hydrogen-bond donors (Lipinski definition) is 2. The number of anilines is 1. The first-order chi connectivity index (χ1) is 15.4. The molecule has 0 bridgehead atoms. The van der Waals surface area contributed by atoms with E-state index in [1.165, 1.54) is 23.5 Å². The molecule has 0 atom stereocenters. The van der Waals surface area contributed by atoms with Crippen molar-refractivity contribution in [3.63, 3.8) is 0 Å². The van der Waals surface area contributed by atoms with Gasteiger partial charge in [-0.25, -0.2) is 9.37 Å². The fraction of sp³-hybridized carbons (Fsp3) is 0.217. The monoisotopic (exact) mass is 467 g/mol. The van der Waals surface area contributed by atoms with Crippen LogP contribution in [0, 0.1) is 24.4 Å². The first-order valence-electron chi connectivity index (χ1n) is 10.1. The molecule has 2 aromatic heterocycles. The summed E-state index contributed by atoms with van der Waals surface area (Å²) in [5, 5.41) is 10.6. The number of rotatable bonds is 7. The minimum atomic E-state index is -0.258. The second kappa shape index (κ2) is 9.54. The lowest BCUT2D eigenvalue weighted by Crippen LogP contribution is -2.15. The number of carbonyl (C=O) groups is 1. The van der Waals surface area contributed by atoms with Crippen molar-refractivity contribution in [2.75, 3.05) is 5.32 Å². The van der Waals surface area contributed by atoms with Crippen LogP contribution < -0.4 is 5.32 Å². The van der Waals surface area contributed by atoms with E-state index in [-0.39, 0.29) is 18.1 Å². The number of nitrogens with zero attached hydrogens (tertiary/aromatic N) is 3. The third kappa shape index (κ3) is 5.17. The summed E-state index contributed by atoms with van der Waals surface area (Å²) in [6.07, 6.45) is 0.877. The van der Waals surface area contributed by atoms with Crippen molar-refractivity contribution >= 4 is 34.6 Å². The van der Waals surface area contributed by atoms with Gasteiger partial charge in [0.1, 0.15) is 5.82 Å². The van der Waals surface area contributed by atoms with Crippen LogP contribution in [-0.2, 0) is 17.8 Å². The SMILES string of the molecule is Cc1ccc(-c2n[nH]c(=S)n2CCC(=O)Nc2nc(C)c(Cc3ccc(F)cc3)s2)cc1. The molecule has 0 unspecified atom stereocenters. The third-order valence-electron chi connectivity index (χ3n) is 5.05. The Kier molecular flexibility index (Phi) is 6.57. The van der Waals surface area contributed by atoms with Crippen LogP contribution >= 0.6 is 23.6 Å². The zero-order valence-corrected chi connectivity index (χ0v) is 19.3. The molecule has 0 radical (unpaired) electrons. The predicted molar refractivity (Wildman–Crippen MR) is 127 cm³/mol. The number of benzene rings is 2. The minimum absolute atomic E-state index is 0.148. The number of aryl methyl sites for hydroxylation is 2. The highest BCUT2D eigenvalue weighted by Gasteiger charge is 2.14. The molecule has 164 valence electrons. The van der Waals surface area contributed by atoms with Gasteiger partial charge in [-0.3, -0.25) is 14.5 Å². The van der Waals surface area contributed by atoms with Crippen LogP contribution in [0.3, 0.4) is 0 Å². The van der Waals surface area contributed by atoms with Crippen molar-refractivity contribution < 1.29 is 9.18 Å². The van der Waals surface area contributed by atoms with Gasteiger partial charge in [0.2, 0.25) is 5.91 Å². The second-order valence-electron chi connectivity index (χ2n) is 7.50. The Hall–Kier alpha value is -3.17. The zero-order chi connectivity index (χ0) is 22.7. The molecule has 2 heterocycles. The van der Waals surface area contributed by atoms with Gasteiger partial charge in [-0.15, -0.1) is 11.3 Å². The third-order valence-corrected chi connectivity index (χ3v) is 6.43. The summed E-state index contributed by atoms with van der Waals surface area (Å²) in [6, 6.07) is 14.4. The van der Waals surface area contributed by atoms with Crippen molar-refractivity contribution in [1.29, 1.82) is 0 Å². The van der Waals surface area contributed by atoms with Crippen molar-refractivity contribution in [1.82, 2.24) is 19.7 Å². The number of H-pyrrole nitrogens is 1. The van der Waals surface area contributed by atoms with E-state index in [1.807, 2.05) is 42.7 Å². The summed E-state index contributed by atoms with van der Waals surface area (Å²) in [7, 11) is 0. The average molecular weight is 468 g/mol. The first-order valence-corrected chi connectivity index (χ1v) is 11.3. The number of hydrogen-bond acceptors (Lipinski definition) is 5. The lowest BCUT2D eigenvalue weighted by atomic mass is 10.1. The number of aromatic amines is 1. The minimum Gasteiger partial charge on any atom is -0.302 e. The Morgan fingerprint density at radius 3 is 2.59 bits per heavy atom. The number of amides is 1. The summed E-state index contributed by atoms with van der Waals surface area (Å²) < 4.78 is 15.4. The molecule has 2 N–H and O–H groups in total. The van der Waals surface area contributed by atoms with Gasteiger partial charge in [-0.1, -0.05) is 42.0 Å². The Bertz CT molecular complexity index is 1290. The molecule has 0 saturated carbocycles. The topological polar surface area (TPSA) is 75.6 Å². The fourth-order valence-electron chi connectivity index (χ4n) is 3.28. The molecule has 0 aliphatic heterocycles. The number of halogens is 1. The van der Waals surface area contributed by atoms with Gasteiger partial charge < -0.3 is 5.32 Å². The Labute approximate surface area is 194 Å². The van der Waals surface area contributed by atoms with E-state index in [2.05, 4.69) is 20.5 Å². The average Bonchev–Trinajstić information content (AvgIpc) is 3.30. The molecule has 0 fully saturated rings. The van der Waals surface area contributed by atoms with Gasteiger partial charge in [0.15, 0.2) is 15.7 Å². The lowest BCUT2D eigenvalue weighted by molar-refractivity contribution is -0.116. The number of thiazole rings is 1. The molecule has 0 saturated heterocycles. The number of carbonyl (C=O) groups excluding carboxylic acids is 1. The van der Waals surface area contributed by atoms with Crippen LogP contribution in [0.25, 0.3) is 11.4 Å². The highest BCUT2D eigenvalue weighted by molar-refractivity contribution is 7.71. The maximum atomic E-state index is 13.1. The largest absolute Gasteiger partial charge is 0.302 e. The summed E-state index contributed by atoms with van der Waals surface area (Å²) in [6.45, 7) is 4.33. The van der Waals surface area contributed by atoms with E-state index >= 15 is 0 Å². The van der Waals surface area contributed by atoms with Gasteiger partial charge >= 0.3 is 0 Å². The Morgan fingerprint density at radius 1 is 1.16 bits per heavy atom. The van der Waals surface area contributed by atoms with E-state index in [4.69, 9.17) is 12.2 Å². The van der Waals surface area contributed by atoms with Crippen molar-refractivity contribution in [2.45, 2.75) is 33.2 Å². The first kappa shape index (κ1) is 22.0. The molecular formula is C23H22FN5OS2. The molecular weight excluding hydrogens is 445 g/mol. The van der Waals surface area contributed by atoms with Crippen LogP contribution in [0.1, 0.15) is 28.1 Å². The molecule has 0 spiro atoms. The summed E-state index contributed by atoms with van der Waals surface area (Å²) in [5.74, 6) is 0.297. The maximum absolute atomic E-state index is 13.1. The summed E-state index contributed by atoms with van der Waals surface area (Å²) in [4.78, 5) is 18.1. The lowest BCUT2D eigenvalue weighted by Gasteiger charge is -2.07. The van der Waals surface area contributed by atoms with Gasteiger partial charge in [0.05, 0.1) is 5.69 Å². The van der Waals surface area contributed by atoms with Crippen molar-refractivity contribution in [3.05, 3.63) is 80.8 Å². The Balaban J connectivity index is 1.40. The molecule has 0 aliphatic carbocycles. The van der Waals surface area contributed by atoms with E-state index in [9.17, 15) is 9.18 Å². The van der Waals surface area contributed by atoms with Crippen molar-refractivity contribution in [3.8, 4) is 11.4 Å². The molecule has 1 amide bonds. The van der Waals surface area contributed by atoms with E-state index in [0.29, 0.717) is 28.7 Å². The molecule has 9 heteroatoms. The van der Waals surface area contributed by atoms with Crippen molar-refractivity contribution in [2.24, 2.45) is 0 Å². The number of nitrogens with one attached hydrogen (secondary N) is 2. The van der Waals surface area contributed by atoms with Crippen LogP contribution in [0.15, 0.2) is 48.5 Å². The van der Waals surface area contributed by atoms with Crippen LogP contribution in [0.2, 0.25) is 0 Å². The van der Waals surface area contributed by atoms with Crippen LogP contribution in [0.5, 0.6) is 0 Å². The van der Waals surface area contributed by atoms with Gasteiger partial charge in [0, 0.05) is 29.8 Å². The van der Waals surface area contributed by atoms with E-state index < -0.39 is 0 Å². The molecule has 4 aromatic rings. The van der Waals surface area contributed by atoms with E-state index in [0.717, 1.165) is 27.3 Å². The highest BCUT2D eigenvalue weighted by Crippen LogP contribution is 2.25. The normalized spacial score (nSPS) is 11.0. The quantitative estimate of drug-likeness (QED) is 0.355. The summed E-state index contributed by atoms with van der Waals surface area (Å²) >= 11 is 6.78. The second-order valence-corrected chi connectivity index (χ2v) is 8.97. The molecule has 0 aliphatic rings. The Morgan fingerprint density at radius 2 is 1.88 bits per heavy atom. The zero-order valence-electron chi connectivity index (χ0n) is 17.7. The van der Waals surface area contributed by atoms with Crippen LogP contribution in [-0.4, -0.2) is 25.7 Å². The molecule has 6 nitrogen and oxygen atoms in total. The van der Waals surface area contributed by atoms with Crippen LogP contribution in [0.4, 0.5) is 9.52 Å². The fourth-order valence-corrected chi connectivity index (χ4v) is 4.51. The van der Waals surface area contributed by atoms with Gasteiger partial charge in [-0.2, -0.15) is 5.10 Å². The van der Waals surface area contributed by atoms with E-state index in [1.54, 1.807) is 12.1 Å². The summed E-state index contributed by atoms with van der Waals surface area (Å²) in [5.41, 5.74) is 3.94. The number of aromatic nitrogens is 4. The highest BCUT2D eigenvalue weighted by atomic mass is 32.1. The smallest absolute Gasteiger partial charge is 0.227 e. The van der Waals surface area contributed by atoms with Gasteiger partial charge in [0.25, 0.3) is 0 Å².